The van der Waals surface area contributed by atoms with Crippen molar-refractivity contribution in [3.05, 3.63) is 30.3 Å². The molecular formula is C10H13NO2. The Bertz CT molecular complexity index is 272. The van der Waals surface area contributed by atoms with Crippen LogP contribution in [0.3, 0.4) is 0 Å². The standard InChI is InChI=1S/C10H13NO2/c1-9(13)11(7-8-12)10-5-3-2-4-6-10/h2-6,12H,7-8H2,1H3. The van der Waals surface area contributed by atoms with E-state index < -0.39 is 0 Å². The van der Waals surface area contributed by atoms with E-state index in [2.05, 4.69) is 0 Å². The van der Waals surface area contributed by atoms with Crippen molar-refractivity contribution >= 4 is 11.6 Å². The molecule has 0 heterocycles. The molecule has 0 saturated heterocycles. The molecule has 0 aliphatic rings. The minimum absolute atomic E-state index is 0.0194. The molecule has 0 radical (unpaired) electrons. The Kier molecular flexibility index (Phi) is 3.46. The fourth-order valence-corrected chi connectivity index (χ4v) is 1.18. The van der Waals surface area contributed by atoms with Crippen molar-refractivity contribution in [1.29, 1.82) is 0 Å². The third-order valence-corrected chi connectivity index (χ3v) is 1.77. The molecule has 0 atom stereocenters. The predicted octanol–water partition coefficient (Wildman–Crippen LogP) is 1.03. The number of carbonyl (C=O) groups is 1. The minimum Gasteiger partial charge on any atom is -0.395 e. The molecule has 0 bridgehead atoms. The monoisotopic (exact) mass is 179 g/mol. The summed E-state index contributed by atoms with van der Waals surface area (Å²) in [5.41, 5.74) is 0.823. The van der Waals surface area contributed by atoms with Crippen LogP contribution in [0.1, 0.15) is 6.92 Å². The maximum Gasteiger partial charge on any atom is 0.223 e. The SMILES string of the molecule is CC(=O)N(CCO)c1ccccc1. The molecule has 0 aliphatic heterocycles. The van der Waals surface area contributed by atoms with E-state index in [-0.39, 0.29) is 12.5 Å². The second kappa shape index (κ2) is 4.62. The lowest BCUT2D eigenvalue weighted by Gasteiger charge is -2.19. The Morgan fingerprint density at radius 2 is 2.00 bits per heavy atom. The van der Waals surface area contributed by atoms with Gasteiger partial charge in [-0.1, -0.05) is 18.2 Å². The van der Waals surface area contributed by atoms with E-state index in [1.54, 1.807) is 4.90 Å². The lowest BCUT2D eigenvalue weighted by Crippen LogP contribution is -2.31. The summed E-state index contributed by atoms with van der Waals surface area (Å²) < 4.78 is 0. The van der Waals surface area contributed by atoms with Gasteiger partial charge in [-0.3, -0.25) is 4.79 Å². The number of aliphatic hydroxyl groups is 1. The topological polar surface area (TPSA) is 40.5 Å². The Morgan fingerprint density at radius 3 is 2.46 bits per heavy atom. The van der Waals surface area contributed by atoms with Crippen molar-refractivity contribution in [1.82, 2.24) is 0 Å². The first-order valence-electron chi connectivity index (χ1n) is 4.19. The maximum atomic E-state index is 11.1. The molecule has 1 aromatic rings. The fraction of sp³-hybridized carbons (Fsp3) is 0.300. The highest BCUT2D eigenvalue weighted by Crippen LogP contribution is 2.12. The molecule has 13 heavy (non-hydrogen) atoms. The molecule has 1 aromatic carbocycles. The van der Waals surface area contributed by atoms with Gasteiger partial charge in [-0.05, 0) is 12.1 Å². The van der Waals surface area contributed by atoms with Crippen LogP contribution in [0.5, 0.6) is 0 Å². The number of benzene rings is 1. The average molecular weight is 179 g/mol. The van der Waals surface area contributed by atoms with Crippen LogP contribution in [0, 0.1) is 0 Å². The van der Waals surface area contributed by atoms with E-state index in [0.29, 0.717) is 6.54 Å². The number of anilines is 1. The van der Waals surface area contributed by atoms with Crippen molar-refractivity contribution in [3.63, 3.8) is 0 Å². The van der Waals surface area contributed by atoms with E-state index in [0.717, 1.165) is 5.69 Å². The van der Waals surface area contributed by atoms with Crippen LogP contribution in [-0.4, -0.2) is 24.2 Å². The zero-order valence-electron chi connectivity index (χ0n) is 7.60. The molecule has 0 fully saturated rings. The number of rotatable bonds is 3. The Hall–Kier alpha value is -1.35. The fourth-order valence-electron chi connectivity index (χ4n) is 1.18. The first-order chi connectivity index (χ1) is 6.25. The molecule has 3 heteroatoms. The van der Waals surface area contributed by atoms with Gasteiger partial charge in [-0.15, -0.1) is 0 Å². The van der Waals surface area contributed by atoms with Gasteiger partial charge < -0.3 is 10.0 Å². The minimum atomic E-state index is -0.0553. The Balaban J connectivity index is 2.82. The highest BCUT2D eigenvalue weighted by molar-refractivity contribution is 5.91. The highest BCUT2D eigenvalue weighted by atomic mass is 16.3. The quantitative estimate of drug-likeness (QED) is 0.753. The van der Waals surface area contributed by atoms with Crippen LogP contribution in [-0.2, 0) is 4.79 Å². The van der Waals surface area contributed by atoms with Gasteiger partial charge in [0.05, 0.1) is 6.61 Å². The number of hydrogen-bond donors (Lipinski definition) is 1. The highest BCUT2D eigenvalue weighted by Gasteiger charge is 2.08. The van der Waals surface area contributed by atoms with Gasteiger partial charge in [-0.25, -0.2) is 0 Å². The summed E-state index contributed by atoms with van der Waals surface area (Å²) in [4.78, 5) is 12.7. The Morgan fingerprint density at radius 1 is 1.38 bits per heavy atom. The molecular weight excluding hydrogens is 166 g/mol. The van der Waals surface area contributed by atoms with Crippen LogP contribution in [0.4, 0.5) is 5.69 Å². The summed E-state index contributed by atoms with van der Waals surface area (Å²) >= 11 is 0. The third-order valence-electron chi connectivity index (χ3n) is 1.77. The predicted molar refractivity (Wildman–Crippen MR) is 51.6 cm³/mol. The van der Waals surface area contributed by atoms with Crippen molar-refractivity contribution in [2.45, 2.75) is 6.92 Å². The largest absolute Gasteiger partial charge is 0.395 e. The first kappa shape index (κ1) is 9.74. The zero-order valence-corrected chi connectivity index (χ0v) is 7.60. The second-order valence-corrected chi connectivity index (χ2v) is 2.73. The summed E-state index contributed by atoms with van der Waals surface area (Å²) in [6.07, 6.45) is 0. The molecule has 1 amide bonds. The van der Waals surface area contributed by atoms with Crippen LogP contribution in [0.25, 0.3) is 0 Å². The van der Waals surface area contributed by atoms with Crippen LogP contribution >= 0.6 is 0 Å². The molecule has 0 spiro atoms. The zero-order chi connectivity index (χ0) is 9.68. The second-order valence-electron chi connectivity index (χ2n) is 2.73. The summed E-state index contributed by atoms with van der Waals surface area (Å²) in [5, 5.41) is 8.75. The number of nitrogens with zero attached hydrogens (tertiary/aromatic N) is 1. The lowest BCUT2D eigenvalue weighted by molar-refractivity contribution is -0.116. The van der Waals surface area contributed by atoms with Crippen LogP contribution < -0.4 is 4.90 Å². The van der Waals surface area contributed by atoms with Crippen LogP contribution in [0.2, 0.25) is 0 Å². The molecule has 70 valence electrons. The van der Waals surface area contributed by atoms with E-state index in [4.69, 9.17) is 5.11 Å². The molecule has 1 N–H and O–H groups in total. The van der Waals surface area contributed by atoms with Crippen molar-refractivity contribution in [2.75, 3.05) is 18.1 Å². The Labute approximate surface area is 77.6 Å². The molecule has 3 nitrogen and oxygen atoms in total. The molecule has 0 saturated carbocycles. The first-order valence-corrected chi connectivity index (χ1v) is 4.19. The molecule has 0 aromatic heterocycles. The molecule has 1 rings (SSSR count). The number of aliphatic hydroxyl groups excluding tert-OH is 1. The van der Waals surface area contributed by atoms with Crippen molar-refractivity contribution in [3.8, 4) is 0 Å². The number of amides is 1. The van der Waals surface area contributed by atoms with Gasteiger partial charge in [0.25, 0.3) is 0 Å². The number of hydrogen-bond acceptors (Lipinski definition) is 2. The normalized spacial score (nSPS) is 9.69. The van der Waals surface area contributed by atoms with Gasteiger partial charge in [0.1, 0.15) is 0 Å². The van der Waals surface area contributed by atoms with Crippen molar-refractivity contribution < 1.29 is 9.90 Å². The van der Waals surface area contributed by atoms with E-state index >= 15 is 0 Å². The maximum absolute atomic E-state index is 11.1. The summed E-state index contributed by atoms with van der Waals surface area (Å²) in [6.45, 7) is 1.82. The van der Waals surface area contributed by atoms with Gasteiger partial charge in [0.2, 0.25) is 5.91 Å². The van der Waals surface area contributed by atoms with Gasteiger partial charge in [-0.2, -0.15) is 0 Å². The summed E-state index contributed by atoms with van der Waals surface area (Å²) in [7, 11) is 0. The van der Waals surface area contributed by atoms with Gasteiger partial charge in [0.15, 0.2) is 0 Å². The van der Waals surface area contributed by atoms with E-state index in [1.165, 1.54) is 6.92 Å². The summed E-state index contributed by atoms with van der Waals surface area (Å²) in [6, 6.07) is 9.31. The van der Waals surface area contributed by atoms with Gasteiger partial charge in [0, 0.05) is 19.2 Å². The summed E-state index contributed by atoms with van der Waals surface area (Å²) in [5.74, 6) is -0.0553. The van der Waals surface area contributed by atoms with Crippen molar-refractivity contribution in [2.24, 2.45) is 0 Å². The smallest absolute Gasteiger partial charge is 0.223 e. The molecule has 0 aliphatic carbocycles. The third kappa shape index (κ3) is 2.56. The number of carbonyl (C=O) groups excluding carboxylic acids is 1. The van der Waals surface area contributed by atoms with Gasteiger partial charge >= 0.3 is 0 Å². The van der Waals surface area contributed by atoms with Crippen LogP contribution in [0.15, 0.2) is 30.3 Å². The molecule has 0 unspecified atom stereocenters. The average Bonchev–Trinajstić information content (AvgIpc) is 2.15. The number of para-hydroxylation sites is 1. The van der Waals surface area contributed by atoms with E-state index in [9.17, 15) is 4.79 Å². The lowest BCUT2D eigenvalue weighted by atomic mass is 10.3. The van der Waals surface area contributed by atoms with E-state index in [1.807, 2.05) is 30.3 Å².